The quantitative estimate of drug-likeness (QED) is 0.677. The summed E-state index contributed by atoms with van der Waals surface area (Å²) in [5.74, 6) is 0.591. The summed E-state index contributed by atoms with van der Waals surface area (Å²) in [6, 6.07) is 6.85. The molecular weight excluding hydrogens is 288 g/mol. The number of non-ortho nitro benzene ring substituents is 1. The maximum atomic E-state index is 11.0. The van der Waals surface area contributed by atoms with E-state index >= 15 is 0 Å². The van der Waals surface area contributed by atoms with Gasteiger partial charge in [-0.15, -0.1) is 11.3 Å². The van der Waals surface area contributed by atoms with Crippen molar-refractivity contribution in [3.05, 3.63) is 56.0 Å². The molecule has 1 unspecified atom stereocenters. The molecule has 0 spiro atoms. The first-order valence-corrected chi connectivity index (χ1v) is 7.86. The Labute approximate surface area is 126 Å². The van der Waals surface area contributed by atoms with Gasteiger partial charge in [0.25, 0.3) is 5.69 Å². The van der Waals surface area contributed by atoms with Gasteiger partial charge in [0.1, 0.15) is 5.01 Å². The van der Waals surface area contributed by atoms with Crippen LogP contribution in [0.1, 0.15) is 41.4 Å². The van der Waals surface area contributed by atoms with E-state index in [1.165, 1.54) is 23.8 Å². The SMILES string of the molecule is O=[N+]([O-])c1cccc(C(c2nc(CO)cs2)C2CCC2)c1. The molecule has 3 rings (SSSR count). The van der Waals surface area contributed by atoms with Gasteiger partial charge in [-0.05, 0) is 24.3 Å². The molecular formula is C15H16N2O3S. The molecule has 1 aromatic carbocycles. The third-order valence-corrected chi connectivity index (χ3v) is 5.04. The smallest absolute Gasteiger partial charge is 0.269 e. The molecule has 1 heterocycles. The molecule has 6 heteroatoms. The minimum absolute atomic E-state index is 0.0666. The van der Waals surface area contributed by atoms with Crippen molar-refractivity contribution in [1.29, 1.82) is 0 Å². The first-order valence-electron chi connectivity index (χ1n) is 6.98. The molecule has 1 aliphatic rings. The van der Waals surface area contributed by atoms with Crippen LogP contribution in [0.3, 0.4) is 0 Å². The number of aromatic nitrogens is 1. The molecule has 21 heavy (non-hydrogen) atoms. The molecule has 2 aromatic rings. The Balaban J connectivity index is 1.99. The van der Waals surface area contributed by atoms with Crippen LogP contribution >= 0.6 is 11.3 Å². The second kappa shape index (κ2) is 5.91. The largest absolute Gasteiger partial charge is 0.390 e. The Morgan fingerprint density at radius 2 is 2.29 bits per heavy atom. The summed E-state index contributed by atoms with van der Waals surface area (Å²) >= 11 is 1.53. The van der Waals surface area contributed by atoms with Crippen LogP contribution in [0, 0.1) is 16.0 Å². The van der Waals surface area contributed by atoms with Crippen molar-refractivity contribution < 1.29 is 10.0 Å². The Kier molecular flexibility index (Phi) is 3.98. The lowest BCUT2D eigenvalue weighted by Gasteiger charge is -2.32. The first-order chi connectivity index (χ1) is 10.2. The summed E-state index contributed by atoms with van der Waals surface area (Å²) in [6.07, 6.45) is 3.46. The van der Waals surface area contributed by atoms with Gasteiger partial charge in [-0.25, -0.2) is 4.98 Å². The van der Waals surface area contributed by atoms with E-state index in [0.29, 0.717) is 11.6 Å². The molecule has 0 amide bonds. The number of rotatable bonds is 5. The minimum atomic E-state index is -0.359. The predicted molar refractivity (Wildman–Crippen MR) is 80.3 cm³/mol. The zero-order chi connectivity index (χ0) is 14.8. The van der Waals surface area contributed by atoms with Gasteiger partial charge in [-0.2, -0.15) is 0 Å². The van der Waals surface area contributed by atoms with Crippen LogP contribution in [-0.4, -0.2) is 15.0 Å². The number of aliphatic hydroxyl groups excluding tert-OH is 1. The molecule has 0 aliphatic heterocycles. The molecule has 1 aromatic heterocycles. The number of aliphatic hydroxyl groups is 1. The van der Waals surface area contributed by atoms with Gasteiger partial charge in [-0.1, -0.05) is 18.6 Å². The predicted octanol–water partition coefficient (Wildman–Crippen LogP) is 3.48. The molecule has 1 aliphatic carbocycles. The van der Waals surface area contributed by atoms with Gasteiger partial charge < -0.3 is 5.11 Å². The zero-order valence-corrected chi connectivity index (χ0v) is 12.3. The van der Waals surface area contributed by atoms with Gasteiger partial charge in [0.05, 0.1) is 17.2 Å². The highest BCUT2D eigenvalue weighted by molar-refractivity contribution is 7.09. The summed E-state index contributed by atoms with van der Waals surface area (Å²) in [6.45, 7) is -0.0666. The van der Waals surface area contributed by atoms with Crippen LogP contribution in [0.15, 0.2) is 29.6 Å². The summed E-state index contributed by atoms with van der Waals surface area (Å²) < 4.78 is 0. The van der Waals surface area contributed by atoms with Gasteiger partial charge in [0, 0.05) is 23.4 Å². The van der Waals surface area contributed by atoms with Gasteiger partial charge in [0.15, 0.2) is 0 Å². The number of nitrogens with zero attached hydrogens (tertiary/aromatic N) is 2. The third-order valence-electron chi connectivity index (χ3n) is 4.06. The van der Waals surface area contributed by atoms with E-state index in [4.69, 9.17) is 0 Å². The zero-order valence-electron chi connectivity index (χ0n) is 11.4. The van der Waals surface area contributed by atoms with Crippen molar-refractivity contribution >= 4 is 17.0 Å². The molecule has 1 saturated carbocycles. The van der Waals surface area contributed by atoms with Crippen LogP contribution < -0.4 is 0 Å². The Morgan fingerprint density at radius 3 is 2.86 bits per heavy atom. The molecule has 110 valence electrons. The number of nitro benzene ring substituents is 1. The van der Waals surface area contributed by atoms with E-state index in [1.807, 2.05) is 11.4 Å². The molecule has 1 atom stereocenters. The fourth-order valence-electron chi connectivity index (χ4n) is 2.76. The second-order valence-electron chi connectivity index (χ2n) is 5.36. The molecule has 1 fully saturated rings. The first kappa shape index (κ1) is 14.2. The number of nitro groups is 1. The van der Waals surface area contributed by atoms with Crippen molar-refractivity contribution in [3.8, 4) is 0 Å². The number of hydrogen-bond acceptors (Lipinski definition) is 5. The second-order valence-corrected chi connectivity index (χ2v) is 6.25. The highest BCUT2D eigenvalue weighted by atomic mass is 32.1. The van der Waals surface area contributed by atoms with E-state index < -0.39 is 0 Å². The van der Waals surface area contributed by atoms with Crippen molar-refractivity contribution in [1.82, 2.24) is 4.98 Å². The van der Waals surface area contributed by atoms with Crippen LogP contribution in [0.25, 0.3) is 0 Å². The Bertz CT molecular complexity index is 652. The third kappa shape index (κ3) is 2.82. The lowest BCUT2D eigenvalue weighted by atomic mass is 9.73. The monoisotopic (exact) mass is 304 g/mol. The Hall–Kier alpha value is -1.79. The average molecular weight is 304 g/mol. The molecule has 0 saturated heterocycles. The van der Waals surface area contributed by atoms with Crippen molar-refractivity contribution in [2.45, 2.75) is 31.8 Å². The van der Waals surface area contributed by atoms with E-state index in [9.17, 15) is 15.2 Å². The van der Waals surface area contributed by atoms with E-state index in [2.05, 4.69) is 4.98 Å². The number of thiazole rings is 1. The highest BCUT2D eigenvalue weighted by Gasteiger charge is 2.32. The summed E-state index contributed by atoms with van der Waals surface area (Å²) in [5.41, 5.74) is 1.74. The van der Waals surface area contributed by atoms with Gasteiger partial charge >= 0.3 is 0 Å². The van der Waals surface area contributed by atoms with E-state index in [0.717, 1.165) is 23.4 Å². The number of hydrogen-bond donors (Lipinski definition) is 1. The lowest BCUT2D eigenvalue weighted by molar-refractivity contribution is -0.384. The maximum absolute atomic E-state index is 11.0. The summed E-state index contributed by atoms with van der Waals surface area (Å²) in [5, 5.41) is 23.0. The van der Waals surface area contributed by atoms with E-state index in [1.54, 1.807) is 12.1 Å². The van der Waals surface area contributed by atoms with Gasteiger partial charge in [0.2, 0.25) is 0 Å². The van der Waals surface area contributed by atoms with Crippen molar-refractivity contribution in [3.63, 3.8) is 0 Å². The Morgan fingerprint density at radius 1 is 1.48 bits per heavy atom. The number of benzene rings is 1. The molecule has 1 N–H and O–H groups in total. The van der Waals surface area contributed by atoms with Crippen LogP contribution in [0.4, 0.5) is 5.69 Å². The summed E-state index contributed by atoms with van der Waals surface area (Å²) in [4.78, 5) is 15.1. The van der Waals surface area contributed by atoms with Crippen molar-refractivity contribution in [2.75, 3.05) is 0 Å². The minimum Gasteiger partial charge on any atom is -0.390 e. The highest BCUT2D eigenvalue weighted by Crippen LogP contribution is 2.44. The maximum Gasteiger partial charge on any atom is 0.269 e. The topological polar surface area (TPSA) is 76.3 Å². The van der Waals surface area contributed by atoms with Gasteiger partial charge in [-0.3, -0.25) is 10.1 Å². The average Bonchev–Trinajstić information content (AvgIpc) is 2.91. The van der Waals surface area contributed by atoms with Crippen molar-refractivity contribution in [2.24, 2.45) is 5.92 Å². The van der Waals surface area contributed by atoms with Crippen LogP contribution in [0.2, 0.25) is 0 Å². The lowest BCUT2D eigenvalue weighted by Crippen LogP contribution is -2.21. The summed E-state index contributed by atoms with van der Waals surface area (Å²) in [7, 11) is 0. The normalized spacial score (nSPS) is 16.4. The standard InChI is InChI=1S/C15H16N2O3S/c18-8-12-9-21-15(16-12)14(10-3-1-4-10)11-5-2-6-13(7-11)17(19)20/h2,5-7,9-10,14,18H,1,3-4,8H2. The fourth-order valence-corrected chi connectivity index (χ4v) is 3.79. The molecule has 0 radical (unpaired) electrons. The van der Waals surface area contributed by atoms with Crippen LogP contribution in [0.5, 0.6) is 0 Å². The van der Waals surface area contributed by atoms with Crippen LogP contribution in [-0.2, 0) is 6.61 Å². The fraction of sp³-hybridized carbons (Fsp3) is 0.400. The molecule has 5 nitrogen and oxygen atoms in total. The molecule has 0 bridgehead atoms. The van der Waals surface area contributed by atoms with E-state index in [-0.39, 0.29) is 23.1 Å².